The van der Waals surface area contributed by atoms with Gasteiger partial charge in [-0.1, -0.05) is 0 Å². The third-order valence-electron chi connectivity index (χ3n) is 5.66. The molecule has 0 spiro atoms. The van der Waals surface area contributed by atoms with Crippen LogP contribution < -0.4 is 15.8 Å². The number of H-pyrrole nitrogens is 1. The fourth-order valence-electron chi connectivity index (χ4n) is 3.95. The van der Waals surface area contributed by atoms with Crippen LogP contribution in [0.25, 0.3) is 11.0 Å². The molecule has 0 radical (unpaired) electrons. The van der Waals surface area contributed by atoms with Gasteiger partial charge in [-0.25, -0.2) is 13.8 Å². The number of hydrogen-bond acceptors (Lipinski definition) is 5. The van der Waals surface area contributed by atoms with Gasteiger partial charge in [0.1, 0.15) is 17.0 Å². The molecule has 1 aliphatic rings. The van der Waals surface area contributed by atoms with Crippen molar-refractivity contribution in [1.82, 2.24) is 20.2 Å². The van der Waals surface area contributed by atoms with Crippen molar-refractivity contribution in [3.05, 3.63) is 69.1 Å². The molecule has 0 atom stereocenters. The maximum absolute atomic E-state index is 14.5. The van der Waals surface area contributed by atoms with Crippen molar-refractivity contribution < 1.29 is 13.6 Å². The number of rotatable bonds is 5. The number of nitrogens with zero attached hydrogens (tertiary/aromatic N) is 3. The molecule has 0 unspecified atom stereocenters. The van der Waals surface area contributed by atoms with E-state index >= 15 is 0 Å². The van der Waals surface area contributed by atoms with Gasteiger partial charge in [0, 0.05) is 45.0 Å². The van der Waals surface area contributed by atoms with E-state index in [0.29, 0.717) is 44.8 Å². The number of amides is 1. The van der Waals surface area contributed by atoms with E-state index in [-0.39, 0.29) is 22.3 Å². The predicted molar refractivity (Wildman–Crippen MR) is 119 cm³/mol. The van der Waals surface area contributed by atoms with Crippen molar-refractivity contribution in [3.63, 3.8) is 0 Å². The smallest absolute Gasteiger partial charge is 0.269 e. The highest BCUT2D eigenvalue weighted by atomic mass is 19.1. The van der Waals surface area contributed by atoms with Crippen molar-refractivity contribution in [1.29, 1.82) is 0 Å². The Morgan fingerprint density at radius 1 is 1.12 bits per heavy atom. The fraction of sp³-hybridized carbons (Fsp3) is 0.348. The number of aryl methyl sites for hydroxylation is 1. The van der Waals surface area contributed by atoms with Crippen LogP contribution in [0.5, 0.6) is 0 Å². The molecule has 1 fully saturated rings. The molecule has 1 aliphatic heterocycles. The molecule has 9 heteroatoms. The number of anilines is 1. The Hall–Kier alpha value is -3.33. The summed E-state index contributed by atoms with van der Waals surface area (Å²) in [5.41, 5.74) is 1.97. The third-order valence-corrected chi connectivity index (χ3v) is 5.66. The van der Waals surface area contributed by atoms with Crippen molar-refractivity contribution >= 4 is 22.6 Å². The van der Waals surface area contributed by atoms with E-state index in [2.05, 4.69) is 25.1 Å². The van der Waals surface area contributed by atoms with Gasteiger partial charge in [0.25, 0.3) is 11.5 Å². The molecule has 1 aromatic heterocycles. The van der Waals surface area contributed by atoms with E-state index in [9.17, 15) is 18.4 Å². The highest BCUT2D eigenvalue weighted by molar-refractivity contribution is 5.94. The Labute approximate surface area is 184 Å². The van der Waals surface area contributed by atoms with Gasteiger partial charge >= 0.3 is 0 Å². The Bertz CT molecular complexity index is 1220. The van der Waals surface area contributed by atoms with Gasteiger partial charge in [0.15, 0.2) is 5.82 Å². The molecule has 2 N–H and O–H groups in total. The average molecular weight is 441 g/mol. The standard InChI is InChI=1S/C23H25F2N5O2/c1-3-26-23(32)17-5-4-16(12-18(17)24)30-8-6-29(7-9-30)13-15-10-19(25)21-20(11-15)28-22(31)14(2)27-21/h4-5,10-12H,3,6-9,13H2,1-2H3,(H,26,32)(H,28,31). The highest BCUT2D eigenvalue weighted by Crippen LogP contribution is 2.22. The Morgan fingerprint density at radius 2 is 1.88 bits per heavy atom. The van der Waals surface area contributed by atoms with E-state index in [4.69, 9.17) is 0 Å². The summed E-state index contributed by atoms with van der Waals surface area (Å²) >= 11 is 0. The number of carbonyl (C=O) groups excluding carboxylic acids is 1. The lowest BCUT2D eigenvalue weighted by Crippen LogP contribution is -2.46. The normalized spacial score (nSPS) is 14.7. The molecular formula is C23H25F2N5O2. The highest BCUT2D eigenvalue weighted by Gasteiger charge is 2.20. The van der Waals surface area contributed by atoms with Crippen molar-refractivity contribution in [2.24, 2.45) is 0 Å². The van der Waals surface area contributed by atoms with Crippen LogP contribution in [0, 0.1) is 18.6 Å². The molecule has 4 rings (SSSR count). The van der Waals surface area contributed by atoms with E-state index in [0.717, 1.165) is 11.3 Å². The molecule has 3 aromatic rings. The second kappa shape index (κ2) is 9.04. The van der Waals surface area contributed by atoms with Crippen molar-refractivity contribution in [2.75, 3.05) is 37.6 Å². The van der Waals surface area contributed by atoms with Crippen LogP contribution in [-0.2, 0) is 6.54 Å². The Kier molecular flexibility index (Phi) is 6.18. The lowest BCUT2D eigenvalue weighted by molar-refractivity contribution is 0.0952. The Morgan fingerprint density at radius 3 is 2.56 bits per heavy atom. The molecule has 168 valence electrons. The largest absolute Gasteiger partial charge is 0.369 e. The summed E-state index contributed by atoms with van der Waals surface area (Å²) in [4.78, 5) is 34.7. The zero-order valence-corrected chi connectivity index (χ0v) is 18.0. The first-order chi connectivity index (χ1) is 15.4. The number of halogens is 2. The summed E-state index contributed by atoms with van der Waals surface area (Å²) in [6, 6.07) is 7.87. The molecule has 1 saturated heterocycles. The molecule has 7 nitrogen and oxygen atoms in total. The summed E-state index contributed by atoms with van der Waals surface area (Å²) in [6.07, 6.45) is 0. The van der Waals surface area contributed by atoms with Crippen LogP contribution in [0.15, 0.2) is 35.1 Å². The summed E-state index contributed by atoms with van der Waals surface area (Å²) in [7, 11) is 0. The van der Waals surface area contributed by atoms with E-state index in [1.165, 1.54) is 18.2 Å². The molecule has 0 saturated carbocycles. The van der Waals surface area contributed by atoms with Crippen LogP contribution in [-0.4, -0.2) is 53.5 Å². The quantitative estimate of drug-likeness (QED) is 0.636. The number of benzene rings is 2. The van der Waals surface area contributed by atoms with Gasteiger partial charge in [-0.15, -0.1) is 0 Å². The summed E-state index contributed by atoms with van der Waals surface area (Å²) in [5, 5.41) is 2.60. The molecule has 2 heterocycles. The number of aromatic nitrogens is 2. The second-order valence-corrected chi connectivity index (χ2v) is 7.91. The zero-order valence-electron chi connectivity index (χ0n) is 18.0. The van der Waals surface area contributed by atoms with Crippen LogP contribution in [0.1, 0.15) is 28.5 Å². The summed E-state index contributed by atoms with van der Waals surface area (Å²) < 4.78 is 28.9. The average Bonchev–Trinajstić information content (AvgIpc) is 2.76. The van der Waals surface area contributed by atoms with Crippen molar-refractivity contribution in [2.45, 2.75) is 20.4 Å². The first-order valence-corrected chi connectivity index (χ1v) is 10.6. The van der Waals surface area contributed by atoms with E-state index in [1.807, 2.05) is 0 Å². The SMILES string of the molecule is CCNC(=O)c1ccc(N2CCN(Cc3cc(F)c4nc(C)c(=O)[nH]c4c3)CC2)cc1F. The number of piperazine rings is 1. The molecule has 1 amide bonds. The molecule has 32 heavy (non-hydrogen) atoms. The first-order valence-electron chi connectivity index (χ1n) is 10.6. The van der Waals surface area contributed by atoms with Gasteiger partial charge in [-0.05, 0) is 49.7 Å². The van der Waals surface area contributed by atoms with Gasteiger partial charge in [0.2, 0.25) is 0 Å². The minimum atomic E-state index is -0.541. The first kappa shape index (κ1) is 21.9. The van der Waals surface area contributed by atoms with Crippen LogP contribution in [0.3, 0.4) is 0 Å². The summed E-state index contributed by atoms with van der Waals surface area (Å²) in [6.45, 7) is 7.07. The van der Waals surface area contributed by atoms with Crippen LogP contribution >= 0.6 is 0 Å². The number of carbonyl (C=O) groups is 1. The maximum atomic E-state index is 14.5. The zero-order chi connectivity index (χ0) is 22.8. The van der Waals surface area contributed by atoms with Gasteiger partial charge in [-0.2, -0.15) is 0 Å². The fourth-order valence-corrected chi connectivity index (χ4v) is 3.95. The lowest BCUT2D eigenvalue weighted by atomic mass is 10.1. The van der Waals surface area contributed by atoms with Gasteiger partial charge < -0.3 is 15.2 Å². The number of hydrogen-bond donors (Lipinski definition) is 2. The lowest BCUT2D eigenvalue weighted by Gasteiger charge is -2.36. The van der Waals surface area contributed by atoms with E-state index < -0.39 is 17.5 Å². The van der Waals surface area contributed by atoms with E-state index in [1.54, 1.807) is 26.0 Å². The molecule has 2 aromatic carbocycles. The number of fused-ring (bicyclic) bond motifs is 1. The minimum absolute atomic E-state index is 0.0373. The topological polar surface area (TPSA) is 81.3 Å². The van der Waals surface area contributed by atoms with Crippen LogP contribution in [0.4, 0.5) is 14.5 Å². The van der Waals surface area contributed by atoms with Gasteiger partial charge in [-0.3, -0.25) is 14.5 Å². The second-order valence-electron chi connectivity index (χ2n) is 7.91. The molecule has 0 aliphatic carbocycles. The number of nitrogens with one attached hydrogen (secondary N) is 2. The predicted octanol–water partition coefficient (Wildman–Crippen LogP) is 2.58. The molecule has 0 bridgehead atoms. The van der Waals surface area contributed by atoms with Crippen LogP contribution in [0.2, 0.25) is 0 Å². The van der Waals surface area contributed by atoms with Crippen molar-refractivity contribution in [3.8, 4) is 0 Å². The third kappa shape index (κ3) is 4.47. The Balaban J connectivity index is 1.42. The minimum Gasteiger partial charge on any atom is -0.369 e. The maximum Gasteiger partial charge on any atom is 0.269 e. The van der Waals surface area contributed by atoms with Gasteiger partial charge in [0.05, 0.1) is 11.1 Å². The summed E-state index contributed by atoms with van der Waals surface area (Å²) in [5.74, 6) is -1.42. The number of aromatic amines is 1. The molecular weight excluding hydrogens is 416 g/mol. The monoisotopic (exact) mass is 441 g/mol.